The number of pyridine rings is 1. The number of benzene rings is 2. The Morgan fingerprint density at radius 2 is 1.74 bits per heavy atom. The van der Waals surface area contributed by atoms with Gasteiger partial charge in [0.25, 0.3) is 15.9 Å². The lowest BCUT2D eigenvalue weighted by Crippen LogP contribution is -2.38. The van der Waals surface area contributed by atoms with E-state index in [-0.39, 0.29) is 33.7 Å². The van der Waals surface area contributed by atoms with Crippen LogP contribution in [0.1, 0.15) is 34.7 Å². The molecular formula is C23H20Cl2F2N4O3S. The molecule has 1 saturated heterocycles. The zero-order chi connectivity index (χ0) is 25.3. The highest BCUT2D eigenvalue weighted by Crippen LogP contribution is 2.36. The number of carbonyl (C=O) groups is 1. The maximum atomic E-state index is 14.5. The first-order valence-corrected chi connectivity index (χ1v) is 12.8. The number of amides is 1. The van der Waals surface area contributed by atoms with Crippen LogP contribution in [0.2, 0.25) is 10.0 Å². The molecular weight excluding hydrogens is 521 g/mol. The summed E-state index contributed by atoms with van der Waals surface area (Å²) in [7, 11) is -4.32. The maximum absolute atomic E-state index is 14.5. The topological polar surface area (TPSA) is 105 Å². The average molecular weight is 541 g/mol. The van der Waals surface area contributed by atoms with Crippen LogP contribution in [-0.4, -0.2) is 37.3 Å². The molecule has 4 rings (SSSR count). The van der Waals surface area contributed by atoms with Crippen LogP contribution in [0.5, 0.6) is 0 Å². The van der Waals surface area contributed by atoms with E-state index in [2.05, 4.69) is 10.3 Å². The van der Waals surface area contributed by atoms with Crippen molar-refractivity contribution >= 4 is 50.5 Å². The number of likely N-dealkylation sites (tertiary alicyclic amines) is 1. The second-order valence-corrected chi connectivity index (χ2v) is 10.4. The number of anilines is 2. The SMILES string of the molecule is NS(=O)(=O)c1ncc(C(=O)N2CCC(c3ccc(F)cc3)CC2)c(Nc2ccc(Cl)cc2F)c1Cl. The quantitative estimate of drug-likeness (QED) is 0.469. The molecule has 2 aromatic carbocycles. The lowest BCUT2D eigenvalue weighted by molar-refractivity contribution is 0.0713. The third-order valence-corrected chi connectivity index (χ3v) is 7.37. The van der Waals surface area contributed by atoms with Crippen molar-refractivity contribution in [3.63, 3.8) is 0 Å². The van der Waals surface area contributed by atoms with Crippen molar-refractivity contribution in [2.45, 2.75) is 23.8 Å². The fourth-order valence-corrected chi connectivity index (χ4v) is 5.23. The second-order valence-electron chi connectivity index (χ2n) is 8.08. The molecule has 1 fully saturated rings. The van der Waals surface area contributed by atoms with Crippen LogP contribution in [0, 0.1) is 11.6 Å². The number of nitrogens with one attached hydrogen (secondary N) is 1. The first-order chi connectivity index (χ1) is 16.5. The first-order valence-electron chi connectivity index (χ1n) is 10.5. The van der Waals surface area contributed by atoms with Gasteiger partial charge in [-0.2, -0.15) is 0 Å². The standard InChI is InChI=1S/C23H20Cl2F2N4O3S/c24-15-3-6-19(18(27)11-15)30-21-17(12-29-22(20(21)25)35(28,33)34)23(32)31-9-7-14(8-10-31)13-1-4-16(26)5-2-13/h1-6,11-12,14H,7-10H2,(H,29,30)(H2,28,33,34). The summed E-state index contributed by atoms with van der Waals surface area (Å²) >= 11 is 12.1. The number of carbonyl (C=O) groups excluding carboxylic acids is 1. The van der Waals surface area contributed by atoms with Gasteiger partial charge in [-0.05, 0) is 54.7 Å². The minimum absolute atomic E-state index is 0.0445. The summed E-state index contributed by atoms with van der Waals surface area (Å²) in [6.45, 7) is 0.786. The smallest absolute Gasteiger partial charge is 0.257 e. The van der Waals surface area contributed by atoms with E-state index in [1.165, 1.54) is 24.3 Å². The third kappa shape index (κ3) is 5.56. The van der Waals surface area contributed by atoms with Crippen LogP contribution in [0.25, 0.3) is 0 Å². The molecule has 12 heteroatoms. The van der Waals surface area contributed by atoms with Crippen LogP contribution < -0.4 is 10.5 Å². The van der Waals surface area contributed by atoms with E-state index in [0.717, 1.165) is 17.8 Å². The van der Waals surface area contributed by atoms with Gasteiger partial charge in [0.05, 0.1) is 16.9 Å². The van der Waals surface area contributed by atoms with Crippen molar-refractivity contribution < 1.29 is 22.0 Å². The highest BCUT2D eigenvalue weighted by molar-refractivity contribution is 7.89. The van der Waals surface area contributed by atoms with Crippen LogP contribution >= 0.6 is 23.2 Å². The van der Waals surface area contributed by atoms with Crippen LogP contribution in [0.4, 0.5) is 20.2 Å². The summed E-state index contributed by atoms with van der Waals surface area (Å²) in [5.74, 6) is -1.35. The van der Waals surface area contributed by atoms with Crippen LogP contribution in [0.3, 0.4) is 0 Å². The van der Waals surface area contributed by atoms with Crippen molar-refractivity contribution in [3.05, 3.63) is 81.5 Å². The minimum Gasteiger partial charge on any atom is -0.351 e. The van der Waals surface area contributed by atoms with Gasteiger partial charge in [0, 0.05) is 24.3 Å². The van der Waals surface area contributed by atoms with Gasteiger partial charge in [-0.3, -0.25) is 4.79 Å². The molecule has 0 radical (unpaired) electrons. The van der Waals surface area contributed by atoms with Crippen molar-refractivity contribution in [3.8, 4) is 0 Å². The highest BCUT2D eigenvalue weighted by atomic mass is 35.5. The van der Waals surface area contributed by atoms with Gasteiger partial charge < -0.3 is 10.2 Å². The molecule has 1 aromatic heterocycles. The monoisotopic (exact) mass is 540 g/mol. The molecule has 2 heterocycles. The Hall–Kier alpha value is -2.79. The van der Waals surface area contributed by atoms with Gasteiger partial charge in [0.2, 0.25) is 0 Å². The molecule has 1 aliphatic rings. The fourth-order valence-electron chi connectivity index (χ4n) is 4.00. The van der Waals surface area contributed by atoms with Crippen molar-refractivity contribution in [2.75, 3.05) is 18.4 Å². The predicted molar refractivity (Wildman–Crippen MR) is 130 cm³/mol. The summed E-state index contributed by atoms with van der Waals surface area (Å²) in [5.41, 5.74) is 0.725. The molecule has 0 unspecified atom stereocenters. The average Bonchev–Trinajstić information content (AvgIpc) is 2.81. The summed E-state index contributed by atoms with van der Waals surface area (Å²) in [5, 5.41) is 6.97. The number of sulfonamides is 1. The molecule has 35 heavy (non-hydrogen) atoms. The number of halogens is 4. The third-order valence-electron chi connectivity index (χ3n) is 5.80. The summed E-state index contributed by atoms with van der Waals surface area (Å²) in [4.78, 5) is 18.8. The molecule has 0 bridgehead atoms. The number of nitrogens with zero attached hydrogens (tertiary/aromatic N) is 2. The van der Waals surface area contributed by atoms with E-state index < -0.39 is 31.8 Å². The molecule has 7 nitrogen and oxygen atoms in total. The van der Waals surface area contributed by atoms with E-state index >= 15 is 0 Å². The lowest BCUT2D eigenvalue weighted by Gasteiger charge is -2.32. The Bertz CT molecular complexity index is 1380. The highest BCUT2D eigenvalue weighted by Gasteiger charge is 2.29. The van der Waals surface area contributed by atoms with Gasteiger partial charge in [0.15, 0.2) is 5.03 Å². The molecule has 0 saturated carbocycles. The molecule has 0 aliphatic carbocycles. The zero-order valence-electron chi connectivity index (χ0n) is 18.1. The summed E-state index contributed by atoms with van der Waals surface area (Å²) in [6.07, 6.45) is 2.33. The molecule has 1 amide bonds. The maximum Gasteiger partial charge on any atom is 0.257 e. The molecule has 0 spiro atoms. The van der Waals surface area contributed by atoms with Crippen molar-refractivity contribution in [2.24, 2.45) is 5.14 Å². The zero-order valence-corrected chi connectivity index (χ0v) is 20.5. The number of nitrogens with two attached hydrogens (primary N) is 1. The Morgan fingerprint density at radius 1 is 1.09 bits per heavy atom. The normalized spacial score (nSPS) is 14.7. The summed E-state index contributed by atoms with van der Waals surface area (Å²) < 4.78 is 51.6. The van der Waals surface area contributed by atoms with Crippen LogP contribution in [0.15, 0.2) is 53.7 Å². The number of hydrogen-bond donors (Lipinski definition) is 2. The lowest BCUT2D eigenvalue weighted by atomic mass is 9.89. The van der Waals surface area contributed by atoms with E-state index in [9.17, 15) is 22.0 Å². The number of aromatic nitrogens is 1. The summed E-state index contributed by atoms with van der Waals surface area (Å²) in [6, 6.07) is 10.1. The van der Waals surface area contributed by atoms with Gasteiger partial charge in [-0.1, -0.05) is 35.3 Å². The van der Waals surface area contributed by atoms with Gasteiger partial charge in [-0.15, -0.1) is 0 Å². The molecule has 1 aliphatic heterocycles. The Morgan fingerprint density at radius 3 is 2.34 bits per heavy atom. The van der Waals surface area contributed by atoms with Crippen molar-refractivity contribution in [1.29, 1.82) is 0 Å². The van der Waals surface area contributed by atoms with Gasteiger partial charge in [-0.25, -0.2) is 27.3 Å². The van der Waals surface area contributed by atoms with Crippen LogP contribution in [-0.2, 0) is 10.0 Å². The largest absolute Gasteiger partial charge is 0.351 e. The Kier molecular flexibility index (Phi) is 7.27. The minimum atomic E-state index is -4.32. The van der Waals surface area contributed by atoms with E-state index in [0.29, 0.717) is 25.9 Å². The molecule has 184 valence electrons. The fraction of sp³-hybridized carbons (Fsp3) is 0.217. The Labute approximate surface area is 210 Å². The van der Waals surface area contributed by atoms with E-state index in [1.54, 1.807) is 17.0 Å². The number of hydrogen-bond acceptors (Lipinski definition) is 5. The van der Waals surface area contributed by atoms with Gasteiger partial charge >= 0.3 is 0 Å². The predicted octanol–water partition coefficient (Wildman–Crippen LogP) is 5.08. The van der Waals surface area contributed by atoms with E-state index in [4.69, 9.17) is 28.3 Å². The number of piperidine rings is 1. The van der Waals surface area contributed by atoms with Gasteiger partial charge in [0.1, 0.15) is 16.7 Å². The molecule has 3 aromatic rings. The van der Waals surface area contributed by atoms with E-state index in [1.807, 2.05) is 0 Å². The second kappa shape index (κ2) is 10.1. The van der Waals surface area contributed by atoms with Crippen molar-refractivity contribution in [1.82, 2.24) is 9.88 Å². The molecule has 0 atom stereocenters. The Balaban J connectivity index is 1.63. The number of primary sulfonamides is 1. The molecule has 3 N–H and O–H groups in total. The number of rotatable bonds is 5. The first kappa shape index (κ1) is 25.3.